The number of carbonyl (C=O) groups excluding carboxylic acids is 1. The molecule has 1 fully saturated rings. The van der Waals surface area contributed by atoms with Gasteiger partial charge < -0.3 is 10.6 Å². The smallest absolute Gasteiger partial charge is 0.242 e. The molecule has 0 radical (unpaired) electrons. The van der Waals surface area contributed by atoms with Crippen LogP contribution < -0.4 is 5.73 Å². The van der Waals surface area contributed by atoms with Crippen LogP contribution in [-0.2, 0) is 4.79 Å². The molecule has 1 rings (SSSR count). The minimum atomic E-state index is -0.635. The van der Waals surface area contributed by atoms with Crippen LogP contribution in [0.3, 0.4) is 0 Å². The summed E-state index contributed by atoms with van der Waals surface area (Å²) in [6.07, 6.45) is 2.21. The molecular weight excluding hydrogens is 176 g/mol. The van der Waals surface area contributed by atoms with Crippen molar-refractivity contribution in [2.75, 3.05) is 13.6 Å². The second-order valence-electron chi connectivity index (χ2n) is 5.14. The molecule has 1 unspecified atom stereocenters. The van der Waals surface area contributed by atoms with Gasteiger partial charge in [0.1, 0.15) is 0 Å². The van der Waals surface area contributed by atoms with E-state index in [1.165, 1.54) is 0 Å². The highest BCUT2D eigenvalue weighted by Crippen LogP contribution is 2.38. The fourth-order valence-corrected chi connectivity index (χ4v) is 1.90. The molecule has 3 nitrogen and oxygen atoms in total. The molecule has 14 heavy (non-hydrogen) atoms. The van der Waals surface area contributed by atoms with Crippen molar-refractivity contribution in [2.24, 2.45) is 17.6 Å². The summed E-state index contributed by atoms with van der Waals surface area (Å²) in [5.74, 6) is 0.997. The Morgan fingerprint density at radius 3 is 2.43 bits per heavy atom. The van der Waals surface area contributed by atoms with Gasteiger partial charge in [-0.15, -0.1) is 0 Å². The van der Waals surface area contributed by atoms with Gasteiger partial charge >= 0.3 is 0 Å². The maximum absolute atomic E-state index is 12.0. The van der Waals surface area contributed by atoms with Gasteiger partial charge in [-0.05, 0) is 31.6 Å². The second kappa shape index (κ2) is 3.89. The highest BCUT2D eigenvalue weighted by Gasteiger charge is 2.45. The highest BCUT2D eigenvalue weighted by atomic mass is 16.2. The van der Waals surface area contributed by atoms with E-state index in [0.717, 1.165) is 19.4 Å². The van der Waals surface area contributed by atoms with E-state index in [4.69, 9.17) is 5.73 Å². The topological polar surface area (TPSA) is 46.3 Å². The summed E-state index contributed by atoms with van der Waals surface area (Å²) in [6.45, 7) is 6.87. The van der Waals surface area contributed by atoms with E-state index in [2.05, 4.69) is 13.8 Å². The first-order chi connectivity index (χ1) is 6.35. The van der Waals surface area contributed by atoms with Crippen LogP contribution in [0.15, 0.2) is 0 Å². The zero-order chi connectivity index (χ0) is 10.9. The van der Waals surface area contributed by atoms with Crippen LogP contribution in [-0.4, -0.2) is 29.9 Å². The SMILES string of the molecule is CC(C)CN(C)C(=O)C(C)(N)C1CC1. The number of amides is 1. The van der Waals surface area contributed by atoms with E-state index < -0.39 is 5.54 Å². The van der Waals surface area contributed by atoms with Crippen molar-refractivity contribution in [3.8, 4) is 0 Å². The molecule has 1 aliphatic carbocycles. The summed E-state index contributed by atoms with van der Waals surface area (Å²) in [6, 6.07) is 0. The first kappa shape index (κ1) is 11.5. The normalized spacial score (nSPS) is 20.7. The fraction of sp³-hybridized carbons (Fsp3) is 0.909. The first-order valence-electron chi connectivity index (χ1n) is 5.40. The van der Waals surface area contributed by atoms with Crippen LogP contribution >= 0.6 is 0 Å². The Labute approximate surface area is 86.6 Å². The van der Waals surface area contributed by atoms with Crippen molar-refractivity contribution in [3.63, 3.8) is 0 Å². The molecule has 1 amide bonds. The van der Waals surface area contributed by atoms with E-state index in [1.807, 2.05) is 14.0 Å². The van der Waals surface area contributed by atoms with Crippen LogP contribution in [0.4, 0.5) is 0 Å². The molecule has 2 N–H and O–H groups in total. The number of hydrogen-bond donors (Lipinski definition) is 1. The average Bonchev–Trinajstić information content (AvgIpc) is 2.83. The second-order valence-corrected chi connectivity index (χ2v) is 5.14. The third kappa shape index (κ3) is 2.47. The largest absolute Gasteiger partial charge is 0.344 e. The Bertz CT molecular complexity index is 219. The van der Waals surface area contributed by atoms with Crippen molar-refractivity contribution < 1.29 is 4.79 Å². The Morgan fingerprint density at radius 2 is 2.07 bits per heavy atom. The summed E-state index contributed by atoms with van der Waals surface area (Å²) < 4.78 is 0. The number of hydrogen-bond acceptors (Lipinski definition) is 2. The fourth-order valence-electron chi connectivity index (χ4n) is 1.90. The quantitative estimate of drug-likeness (QED) is 0.738. The van der Waals surface area contributed by atoms with Gasteiger partial charge in [-0.25, -0.2) is 0 Å². The first-order valence-corrected chi connectivity index (χ1v) is 5.40. The Balaban J connectivity index is 2.54. The maximum Gasteiger partial charge on any atom is 0.242 e. The predicted molar refractivity (Wildman–Crippen MR) is 57.8 cm³/mol. The van der Waals surface area contributed by atoms with Crippen LogP contribution in [0.1, 0.15) is 33.6 Å². The van der Waals surface area contributed by atoms with Gasteiger partial charge in [0.05, 0.1) is 5.54 Å². The summed E-state index contributed by atoms with van der Waals surface area (Å²) in [5.41, 5.74) is 5.42. The van der Waals surface area contributed by atoms with E-state index in [0.29, 0.717) is 11.8 Å². The van der Waals surface area contributed by atoms with Crippen molar-refractivity contribution in [3.05, 3.63) is 0 Å². The maximum atomic E-state index is 12.0. The molecule has 0 saturated heterocycles. The molecule has 0 aromatic heterocycles. The number of likely N-dealkylation sites (N-methyl/N-ethyl adjacent to an activating group) is 1. The van der Waals surface area contributed by atoms with Gasteiger partial charge in [0, 0.05) is 13.6 Å². The number of nitrogens with two attached hydrogens (primary N) is 1. The molecule has 3 heteroatoms. The molecule has 0 aliphatic heterocycles. The lowest BCUT2D eigenvalue weighted by Crippen LogP contribution is -2.54. The molecule has 0 bridgehead atoms. The summed E-state index contributed by atoms with van der Waals surface area (Å²) in [7, 11) is 1.84. The molecule has 1 saturated carbocycles. The van der Waals surface area contributed by atoms with Crippen LogP contribution in [0, 0.1) is 11.8 Å². The molecule has 0 spiro atoms. The van der Waals surface area contributed by atoms with E-state index in [9.17, 15) is 4.79 Å². The predicted octanol–water partition coefficient (Wildman–Crippen LogP) is 1.23. The standard InChI is InChI=1S/C11H22N2O/c1-8(2)7-13(4)10(14)11(3,12)9-5-6-9/h8-9H,5-7,12H2,1-4H3. The van der Waals surface area contributed by atoms with E-state index >= 15 is 0 Å². The zero-order valence-corrected chi connectivity index (χ0v) is 9.71. The van der Waals surface area contributed by atoms with Crippen molar-refractivity contribution in [2.45, 2.75) is 39.2 Å². The minimum Gasteiger partial charge on any atom is -0.344 e. The lowest BCUT2D eigenvalue weighted by atomic mass is 9.95. The minimum absolute atomic E-state index is 0.0914. The molecule has 0 aromatic rings. The summed E-state index contributed by atoms with van der Waals surface area (Å²) in [5, 5.41) is 0. The van der Waals surface area contributed by atoms with E-state index in [1.54, 1.807) is 4.90 Å². The molecule has 82 valence electrons. The Hall–Kier alpha value is -0.570. The Morgan fingerprint density at radius 1 is 1.57 bits per heavy atom. The Kier molecular flexibility index (Phi) is 3.20. The van der Waals surface area contributed by atoms with Crippen LogP contribution in [0.5, 0.6) is 0 Å². The van der Waals surface area contributed by atoms with Gasteiger partial charge in [-0.2, -0.15) is 0 Å². The molecule has 0 aromatic carbocycles. The molecule has 1 aliphatic rings. The third-order valence-corrected chi connectivity index (χ3v) is 2.87. The van der Waals surface area contributed by atoms with Gasteiger partial charge in [-0.3, -0.25) is 4.79 Å². The van der Waals surface area contributed by atoms with Crippen LogP contribution in [0.2, 0.25) is 0 Å². The zero-order valence-electron chi connectivity index (χ0n) is 9.71. The van der Waals surface area contributed by atoms with Gasteiger partial charge in [0.15, 0.2) is 0 Å². The average molecular weight is 198 g/mol. The summed E-state index contributed by atoms with van der Waals surface area (Å²) >= 11 is 0. The van der Waals surface area contributed by atoms with Gasteiger partial charge in [0.25, 0.3) is 0 Å². The third-order valence-electron chi connectivity index (χ3n) is 2.87. The highest BCUT2D eigenvalue weighted by molar-refractivity contribution is 5.86. The summed E-state index contributed by atoms with van der Waals surface area (Å²) in [4.78, 5) is 13.7. The lowest BCUT2D eigenvalue weighted by molar-refractivity contribution is -0.136. The molecule has 1 atom stereocenters. The van der Waals surface area contributed by atoms with Crippen molar-refractivity contribution >= 4 is 5.91 Å². The van der Waals surface area contributed by atoms with Gasteiger partial charge in [-0.1, -0.05) is 13.8 Å². The van der Waals surface area contributed by atoms with Crippen molar-refractivity contribution in [1.29, 1.82) is 0 Å². The number of rotatable bonds is 4. The van der Waals surface area contributed by atoms with Crippen molar-refractivity contribution in [1.82, 2.24) is 4.90 Å². The number of nitrogens with zero attached hydrogens (tertiary/aromatic N) is 1. The molecular formula is C11H22N2O. The molecule has 0 heterocycles. The lowest BCUT2D eigenvalue weighted by Gasteiger charge is -2.30. The van der Waals surface area contributed by atoms with Crippen LogP contribution in [0.25, 0.3) is 0 Å². The monoisotopic (exact) mass is 198 g/mol. The van der Waals surface area contributed by atoms with E-state index in [-0.39, 0.29) is 5.91 Å². The van der Waals surface area contributed by atoms with Gasteiger partial charge in [0.2, 0.25) is 5.91 Å². The number of carbonyl (C=O) groups is 1.